The first-order valence-corrected chi connectivity index (χ1v) is 11.6. The van der Waals surface area contributed by atoms with Crippen LogP contribution in [0.2, 0.25) is 0 Å². The van der Waals surface area contributed by atoms with Gasteiger partial charge < -0.3 is 5.11 Å². The number of Topliss-reactive ketones (excluding diaryl/α,β-unsaturated/α-hetero) is 1. The van der Waals surface area contributed by atoms with Crippen molar-refractivity contribution >= 4 is 5.78 Å². The number of carbonyl (C=O) groups is 1. The Morgan fingerprint density at radius 2 is 1.86 bits per heavy atom. The molecule has 4 heteroatoms. The van der Waals surface area contributed by atoms with E-state index < -0.39 is 0 Å². The van der Waals surface area contributed by atoms with E-state index in [1.165, 1.54) is 38.5 Å². The molecule has 1 aromatic rings. The Bertz CT molecular complexity index is 731. The Morgan fingerprint density at radius 1 is 1.07 bits per heavy atom. The molecule has 0 amide bonds. The van der Waals surface area contributed by atoms with Crippen molar-refractivity contribution in [1.82, 2.24) is 9.78 Å². The van der Waals surface area contributed by atoms with Gasteiger partial charge in [-0.3, -0.25) is 9.48 Å². The normalized spacial score (nSPS) is 47.8. The summed E-state index contributed by atoms with van der Waals surface area (Å²) in [5.41, 5.74) is 0.601. The molecule has 4 aliphatic rings. The first-order valence-electron chi connectivity index (χ1n) is 11.6. The molecule has 154 valence electrons. The van der Waals surface area contributed by atoms with E-state index in [0.29, 0.717) is 29.6 Å². The van der Waals surface area contributed by atoms with E-state index in [2.05, 4.69) is 18.9 Å². The van der Waals surface area contributed by atoms with Gasteiger partial charge in [-0.2, -0.15) is 5.10 Å². The average Bonchev–Trinajstić information content (AvgIpc) is 3.29. The Labute approximate surface area is 169 Å². The first-order chi connectivity index (χ1) is 13.4. The van der Waals surface area contributed by atoms with Crippen LogP contribution in [0.5, 0.6) is 0 Å². The molecule has 4 unspecified atom stereocenters. The molecule has 1 heterocycles. The highest BCUT2D eigenvalue weighted by molar-refractivity contribution is 5.82. The highest BCUT2D eigenvalue weighted by Gasteiger charge is 2.61. The first kappa shape index (κ1) is 18.8. The molecule has 0 aliphatic heterocycles. The maximum atomic E-state index is 13.2. The molecule has 4 nitrogen and oxygen atoms in total. The largest absolute Gasteiger partial charge is 0.393 e. The van der Waals surface area contributed by atoms with Gasteiger partial charge in [0.2, 0.25) is 0 Å². The number of aliphatic hydroxyl groups excluding tert-OH is 1. The summed E-state index contributed by atoms with van der Waals surface area (Å²) in [7, 11) is 0. The van der Waals surface area contributed by atoms with Crippen LogP contribution < -0.4 is 0 Å². The minimum Gasteiger partial charge on any atom is -0.393 e. The fourth-order valence-electron chi connectivity index (χ4n) is 8.43. The van der Waals surface area contributed by atoms with Crippen molar-refractivity contribution in [3.05, 3.63) is 18.5 Å². The van der Waals surface area contributed by atoms with Gasteiger partial charge in [-0.05, 0) is 98.4 Å². The minimum atomic E-state index is -0.0701. The number of ketones is 1. The molecule has 1 N–H and O–H groups in total. The summed E-state index contributed by atoms with van der Waals surface area (Å²) in [5.74, 6) is 3.62. The second-order valence-electron chi connectivity index (χ2n) is 10.9. The number of nitrogens with zero attached hydrogens (tertiary/aromatic N) is 2. The summed E-state index contributed by atoms with van der Waals surface area (Å²) in [4.78, 5) is 13.2. The van der Waals surface area contributed by atoms with E-state index in [9.17, 15) is 9.90 Å². The van der Waals surface area contributed by atoms with Crippen molar-refractivity contribution in [2.75, 3.05) is 0 Å². The van der Waals surface area contributed by atoms with E-state index in [-0.39, 0.29) is 17.4 Å². The minimum absolute atomic E-state index is 0.0701. The summed E-state index contributed by atoms with van der Waals surface area (Å²) < 4.78 is 1.80. The summed E-state index contributed by atoms with van der Waals surface area (Å²) in [5, 5.41) is 14.5. The van der Waals surface area contributed by atoms with Gasteiger partial charge in [-0.15, -0.1) is 0 Å². The smallest absolute Gasteiger partial charge is 0.157 e. The molecule has 4 saturated carbocycles. The Hall–Kier alpha value is -1.16. The number of hydrogen-bond donors (Lipinski definition) is 1. The zero-order chi connectivity index (χ0) is 19.5. The van der Waals surface area contributed by atoms with E-state index in [4.69, 9.17) is 0 Å². The zero-order valence-electron chi connectivity index (χ0n) is 17.5. The van der Waals surface area contributed by atoms with Crippen LogP contribution in [0.25, 0.3) is 0 Å². The third-order valence-electron chi connectivity index (χ3n) is 9.90. The topological polar surface area (TPSA) is 55.1 Å². The molecule has 1 aromatic heterocycles. The molecule has 4 fully saturated rings. The SMILES string of the molecule is C[C@]12CCC3C(CC[C@H]4C[C@H](O)CC[C@]34C)C1CCC2C(=O)Cn1cccn1. The highest BCUT2D eigenvalue weighted by Crippen LogP contribution is 2.67. The van der Waals surface area contributed by atoms with Crippen LogP contribution in [0.4, 0.5) is 0 Å². The highest BCUT2D eigenvalue weighted by atomic mass is 16.3. The van der Waals surface area contributed by atoms with Crippen LogP contribution in [0.3, 0.4) is 0 Å². The number of aromatic nitrogens is 2. The van der Waals surface area contributed by atoms with Crippen molar-refractivity contribution < 1.29 is 9.90 Å². The molecule has 5 rings (SSSR count). The molecule has 0 saturated heterocycles. The molecule has 0 bridgehead atoms. The van der Waals surface area contributed by atoms with E-state index >= 15 is 0 Å². The second kappa shape index (κ2) is 6.68. The lowest BCUT2D eigenvalue weighted by Gasteiger charge is -2.60. The molecule has 8 atom stereocenters. The van der Waals surface area contributed by atoms with Crippen LogP contribution in [0, 0.1) is 40.4 Å². The number of carbonyl (C=O) groups excluding carboxylic acids is 1. The lowest BCUT2D eigenvalue weighted by atomic mass is 9.44. The monoisotopic (exact) mass is 384 g/mol. The molecular weight excluding hydrogens is 348 g/mol. The molecule has 0 aromatic carbocycles. The van der Waals surface area contributed by atoms with Crippen molar-refractivity contribution in [2.24, 2.45) is 40.4 Å². The van der Waals surface area contributed by atoms with Crippen LogP contribution >= 0.6 is 0 Å². The molecule has 0 spiro atoms. The molecule has 28 heavy (non-hydrogen) atoms. The van der Waals surface area contributed by atoms with Gasteiger partial charge in [0.1, 0.15) is 0 Å². The maximum Gasteiger partial charge on any atom is 0.157 e. The van der Waals surface area contributed by atoms with E-state index in [0.717, 1.165) is 31.1 Å². The Balaban J connectivity index is 1.36. The third kappa shape index (κ3) is 2.74. The van der Waals surface area contributed by atoms with Crippen LogP contribution in [-0.4, -0.2) is 26.8 Å². The van der Waals surface area contributed by atoms with Crippen molar-refractivity contribution in [2.45, 2.75) is 84.3 Å². The number of rotatable bonds is 3. The van der Waals surface area contributed by atoms with Gasteiger partial charge in [-0.1, -0.05) is 13.8 Å². The fraction of sp³-hybridized carbons (Fsp3) is 0.833. The zero-order valence-corrected chi connectivity index (χ0v) is 17.5. The van der Waals surface area contributed by atoms with Crippen molar-refractivity contribution in [3.63, 3.8) is 0 Å². The van der Waals surface area contributed by atoms with Crippen molar-refractivity contribution in [3.8, 4) is 0 Å². The molecular formula is C24H36N2O2. The maximum absolute atomic E-state index is 13.2. The predicted octanol–water partition coefficient (Wildman–Crippen LogP) is 4.47. The van der Waals surface area contributed by atoms with E-state index in [1.807, 2.05) is 12.3 Å². The Morgan fingerprint density at radius 3 is 2.64 bits per heavy atom. The lowest BCUT2D eigenvalue weighted by Crippen LogP contribution is -2.54. The van der Waals surface area contributed by atoms with Crippen LogP contribution in [-0.2, 0) is 11.3 Å². The van der Waals surface area contributed by atoms with Gasteiger partial charge in [0, 0.05) is 18.3 Å². The van der Waals surface area contributed by atoms with Gasteiger partial charge >= 0.3 is 0 Å². The fourth-order valence-corrected chi connectivity index (χ4v) is 8.43. The molecule has 4 aliphatic carbocycles. The summed E-state index contributed by atoms with van der Waals surface area (Å²) in [6.07, 6.45) is 14.2. The van der Waals surface area contributed by atoms with Crippen molar-refractivity contribution in [1.29, 1.82) is 0 Å². The third-order valence-corrected chi connectivity index (χ3v) is 9.90. The van der Waals surface area contributed by atoms with E-state index in [1.54, 1.807) is 10.9 Å². The van der Waals surface area contributed by atoms with Gasteiger partial charge in [0.25, 0.3) is 0 Å². The number of aliphatic hydroxyl groups is 1. The van der Waals surface area contributed by atoms with Gasteiger partial charge in [0.15, 0.2) is 5.78 Å². The average molecular weight is 385 g/mol. The summed E-state index contributed by atoms with van der Waals surface area (Å²) in [6.45, 7) is 5.41. The summed E-state index contributed by atoms with van der Waals surface area (Å²) in [6, 6.07) is 1.90. The second-order valence-corrected chi connectivity index (χ2v) is 10.9. The summed E-state index contributed by atoms with van der Waals surface area (Å²) >= 11 is 0. The standard InChI is InChI=1S/C24H36N2O2/c1-23-10-8-17(27)14-16(23)4-5-18-19-6-7-21(24(19,2)11-9-20(18)23)22(28)15-26-13-3-12-25-26/h3,12-13,16-21,27H,4-11,14-15H2,1-2H3/t16-,17+,18?,19?,20?,21?,23-,24-/m0/s1. The van der Waals surface area contributed by atoms with Gasteiger partial charge in [-0.25, -0.2) is 0 Å². The number of fused-ring (bicyclic) bond motifs is 5. The quantitative estimate of drug-likeness (QED) is 0.836. The lowest BCUT2D eigenvalue weighted by molar-refractivity contribution is -0.140. The number of hydrogen-bond acceptors (Lipinski definition) is 3. The molecule has 0 radical (unpaired) electrons. The predicted molar refractivity (Wildman–Crippen MR) is 108 cm³/mol. The van der Waals surface area contributed by atoms with Gasteiger partial charge in [0.05, 0.1) is 12.6 Å². The van der Waals surface area contributed by atoms with Crippen LogP contribution in [0.15, 0.2) is 18.5 Å². The Kier molecular flexibility index (Phi) is 4.50. The van der Waals surface area contributed by atoms with Crippen LogP contribution in [0.1, 0.15) is 71.6 Å².